The Morgan fingerprint density at radius 2 is 1.68 bits per heavy atom. The zero-order chi connectivity index (χ0) is 23.6. The first kappa shape index (κ1) is 24.8. The van der Waals surface area contributed by atoms with Gasteiger partial charge in [0.1, 0.15) is 0 Å². The Morgan fingerprint density at radius 1 is 0.971 bits per heavy atom. The maximum atomic E-state index is 12.5. The summed E-state index contributed by atoms with van der Waals surface area (Å²) in [6.45, 7) is 5.08. The highest BCUT2D eigenvalue weighted by molar-refractivity contribution is 7.99. The standard InChI is InChI=1S/C26H33N5OS2/c1-21(30-17-9-4-10-18-30)25-28-29-26(31(25)22-12-5-2-6-13-22)34-20-24(32)27-16-11-19-33-23-14-7-3-8-15-23/h2-3,5-8,12-15,21H,4,9-11,16-20H2,1H3,(H,27,32)/t21-/m1/s1. The molecule has 1 aromatic heterocycles. The molecular weight excluding hydrogens is 462 g/mol. The molecule has 0 unspecified atom stereocenters. The number of nitrogens with zero attached hydrogens (tertiary/aromatic N) is 4. The van der Waals surface area contributed by atoms with Gasteiger partial charge in [-0.05, 0) is 69.3 Å². The van der Waals surface area contributed by atoms with Gasteiger partial charge in [-0.1, -0.05) is 54.6 Å². The number of carbonyl (C=O) groups excluding carboxylic acids is 1. The molecule has 4 rings (SSSR count). The van der Waals surface area contributed by atoms with Crippen LogP contribution in [0, 0.1) is 0 Å². The summed E-state index contributed by atoms with van der Waals surface area (Å²) in [7, 11) is 0. The van der Waals surface area contributed by atoms with E-state index in [2.05, 4.69) is 56.2 Å². The fraction of sp³-hybridized carbons (Fsp3) is 0.423. The second kappa shape index (κ2) is 13.0. The molecule has 1 aliphatic rings. The van der Waals surface area contributed by atoms with Gasteiger partial charge < -0.3 is 5.32 Å². The van der Waals surface area contributed by atoms with E-state index in [1.807, 2.05) is 48.2 Å². The Morgan fingerprint density at radius 3 is 2.41 bits per heavy atom. The molecular formula is C26H33N5OS2. The first-order chi connectivity index (χ1) is 16.7. The van der Waals surface area contributed by atoms with Crippen molar-refractivity contribution >= 4 is 29.4 Å². The molecule has 1 fully saturated rings. The van der Waals surface area contributed by atoms with E-state index in [1.165, 1.54) is 35.9 Å². The van der Waals surface area contributed by atoms with Crippen LogP contribution in [0.1, 0.15) is 44.5 Å². The van der Waals surface area contributed by atoms with Crippen LogP contribution in [0.2, 0.25) is 0 Å². The van der Waals surface area contributed by atoms with Gasteiger partial charge in [-0.25, -0.2) is 0 Å². The highest BCUT2D eigenvalue weighted by Gasteiger charge is 2.25. The lowest BCUT2D eigenvalue weighted by Crippen LogP contribution is -2.33. The highest BCUT2D eigenvalue weighted by Crippen LogP contribution is 2.29. The Bertz CT molecular complexity index is 1020. The molecule has 1 N–H and O–H groups in total. The van der Waals surface area contributed by atoms with Crippen molar-refractivity contribution in [2.75, 3.05) is 31.1 Å². The molecule has 180 valence electrons. The first-order valence-corrected chi connectivity index (χ1v) is 14.0. The van der Waals surface area contributed by atoms with Gasteiger partial charge in [0.2, 0.25) is 5.91 Å². The molecule has 2 aromatic carbocycles. The zero-order valence-electron chi connectivity index (χ0n) is 19.7. The van der Waals surface area contributed by atoms with Gasteiger partial charge in [0.05, 0.1) is 11.8 Å². The molecule has 0 aliphatic carbocycles. The molecule has 2 heterocycles. The van der Waals surface area contributed by atoms with Gasteiger partial charge in [-0.3, -0.25) is 14.3 Å². The number of piperidine rings is 1. The van der Waals surface area contributed by atoms with Gasteiger partial charge in [-0.2, -0.15) is 0 Å². The number of benzene rings is 2. The molecule has 1 amide bonds. The van der Waals surface area contributed by atoms with Crippen LogP contribution in [0.15, 0.2) is 70.7 Å². The molecule has 3 aromatic rings. The number of likely N-dealkylation sites (tertiary alicyclic amines) is 1. The van der Waals surface area contributed by atoms with Crippen molar-refractivity contribution in [1.82, 2.24) is 25.0 Å². The van der Waals surface area contributed by atoms with Gasteiger partial charge in [0.25, 0.3) is 0 Å². The molecule has 1 atom stereocenters. The molecule has 0 saturated carbocycles. The summed E-state index contributed by atoms with van der Waals surface area (Å²) in [6.07, 6.45) is 4.70. The SMILES string of the molecule is C[C@H](c1nnc(SCC(=O)NCCCSc2ccccc2)n1-c1ccccc1)N1CCCCC1. The maximum Gasteiger partial charge on any atom is 0.230 e. The molecule has 1 saturated heterocycles. The summed E-state index contributed by atoms with van der Waals surface area (Å²) in [5, 5.41) is 12.9. The number of rotatable bonds is 11. The van der Waals surface area contributed by atoms with Crippen molar-refractivity contribution in [3.63, 3.8) is 0 Å². The Hall–Kier alpha value is -2.29. The normalized spacial score (nSPS) is 15.2. The summed E-state index contributed by atoms with van der Waals surface area (Å²) < 4.78 is 2.12. The number of para-hydroxylation sites is 1. The molecule has 1 aliphatic heterocycles. The van der Waals surface area contributed by atoms with Crippen LogP contribution < -0.4 is 5.32 Å². The molecule has 0 radical (unpaired) electrons. The quantitative estimate of drug-likeness (QED) is 0.291. The monoisotopic (exact) mass is 495 g/mol. The number of thioether (sulfide) groups is 2. The van der Waals surface area contributed by atoms with Crippen LogP contribution in [-0.2, 0) is 4.79 Å². The van der Waals surface area contributed by atoms with Crippen molar-refractivity contribution < 1.29 is 4.79 Å². The van der Waals surface area contributed by atoms with E-state index in [0.29, 0.717) is 12.3 Å². The smallest absolute Gasteiger partial charge is 0.230 e. The van der Waals surface area contributed by atoms with Crippen LogP contribution >= 0.6 is 23.5 Å². The van der Waals surface area contributed by atoms with E-state index in [1.54, 1.807) is 0 Å². The summed E-state index contributed by atoms with van der Waals surface area (Å²) in [4.78, 5) is 16.2. The van der Waals surface area contributed by atoms with Crippen molar-refractivity contribution in [1.29, 1.82) is 0 Å². The minimum Gasteiger partial charge on any atom is -0.355 e. The number of aromatic nitrogens is 3. The lowest BCUT2D eigenvalue weighted by Gasteiger charge is -2.31. The van der Waals surface area contributed by atoms with E-state index in [9.17, 15) is 4.79 Å². The fourth-order valence-electron chi connectivity index (χ4n) is 4.12. The Balaban J connectivity index is 1.33. The summed E-state index contributed by atoms with van der Waals surface area (Å²) in [5.41, 5.74) is 1.03. The Labute approximate surface area is 210 Å². The number of hydrogen-bond acceptors (Lipinski definition) is 6. The molecule has 0 spiro atoms. The largest absolute Gasteiger partial charge is 0.355 e. The van der Waals surface area contributed by atoms with Crippen LogP contribution in [-0.4, -0.2) is 56.7 Å². The van der Waals surface area contributed by atoms with Crippen molar-refractivity contribution in [2.45, 2.75) is 48.7 Å². The van der Waals surface area contributed by atoms with Crippen molar-refractivity contribution in [3.8, 4) is 5.69 Å². The summed E-state index contributed by atoms with van der Waals surface area (Å²) >= 11 is 3.27. The summed E-state index contributed by atoms with van der Waals surface area (Å²) in [5.74, 6) is 2.28. The number of carbonyl (C=O) groups is 1. The number of amides is 1. The number of nitrogens with one attached hydrogen (secondary N) is 1. The highest BCUT2D eigenvalue weighted by atomic mass is 32.2. The van der Waals surface area contributed by atoms with E-state index in [-0.39, 0.29) is 11.9 Å². The third-order valence-electron chi connectivity index (χ3n) is 5.97. The van der Waals surface area contributed by atoms with Crippen LogP contribution in [0.4, 0.5) is 0 Å². The van der Waals surface area contributed by atoms with Crippen molar-refractivity contribution in [2.24, 2.45) is 0 Å². The zero-order valence-corrected chi connectivity index (χ0v) is 21.4. The van der Waals surface area contributed by atoms with Crippen LogP contribution in [0.25, 0.3) is 5.69 Å². The lowest BCUT2D eigenvalue weighted by atomic mass is 10.1. The maximum absolute atomic E-state index is 12.5. The van der Waals surface area contributed by atoms with Gasteiger partial charge in [0.15, 0.2) is 11.0 Å². The molecule has 8 heteroatoms. The molecule has 6 nitrogen and oxygen atoms in total. The predicted octanol–water partition coefficient (Wildman–Crippen LogP) is 5.20. The third-order valence-corrected chi connectivity index (χ3v) is 8.00. The van der Waals surface area contributed by atoms with E-state index >= 15 is 0 Å². The van der Waals surface area contributed by atoms with Crippen molar-refractivity contribution in [3.05, 3.63) is 66.5 Å². The summed E-state index contributed by atoms with van der Waals surface area (Å²) in [6, 6.07) is 20.7. The van der Waals surface area contributed by atoms with Gasteiger partial charge in [0, 0.05) is 17.1 Å². The fourth-order valence-corrected chi connectivity index (χ4v) is 5.78. The predicted molar refractivity (Wildman–Crippen MR) is 141 cm³/mol. The Kier molecular flexibility index (Phi) is 9.47. The van der Waals surface area contributed by atoms with Gasteiger partial charge >= 0.3 is 0 Å². The second-order valence-electron chi connectivity index (χ2n) is 8.44. The second-order valence-corrected chi connectivity index (χ2v) is 10.5. The van der Waals surface area contributed by atoms with Crippen LogP contribution in [0.3, 0.4) is 0 Å². The number of hydrogen-bond donors (Lipinski definition) is 1. The minimum absolute atomic E-state index is 0.0305. The average molecular weight is 496 g/mol. The van der Waals surface area contributed by atoms with E-state index in [4.69, 9.17) is 0 Å². The van der Waals surface area contributed by atoms with E-state index in [0.717, 1.165) is 41.9 Å². The first-order valence-electron chi connectivity index (χ1n) is 12.0. The van der Waals surface area contributed by atoms with E-state index < -0.39 is 0 Å². The lowest BCUT2D eigenvalue weighted by molar-refractivity contribution is -0.118. The molecule has 34 heavy (non-hydrogen) atoms. The van der Waals surface area contributed by atoms with Gasteiger partial charge in [-0.15, -0.1) is 22.0 Å². The average Bonchev–Trinajstić information content (AvgIpc) is 3.32. The molecule has 0 bridgehead atoms. The topological polar surface area (TPSA) is 63.1 Å². The minimum atomic E-state index is 0.0305. The third kappa shape index (κ3) is 6.87. The van der Waals surface area contributed by atoms with Crippen LogP contribution in [0.5, 0.6) is 0 Å².